The van der Waals surface area contributed by atoms with E-state index in [4.69, 9.17) is 0 Å². The average Bonchev–Trinajstić information content (AvgIpc) is 3.10. The van der Waals surface area contributed by atoms with Crippen LogP contribution < -0.4 is 4.31 Å². The summed E-state index contributed by atoms with van der Waals surface area (Å²) in [5, 5.41) is 3.53. The fourth-order valence-electron chi connectivity index (χ4n) is 2.40. The van der Waals surface area contributed by atoms with Gasteiger partial charge in [-0.1, -0.05) is 30.3 Å². The summed E-state index contributed by atoms with van der Waals surface area (Å²) in [5.74, 6) is -0.657. The Morgan fingerprint density at radius 1 is 1.08 bits per heavy atom. The van der Waals surface area contributed by atoms with Crippen molar-refractivity contribution < 1.29 is 17.9 Å². The summed E-state index contributed by atoms with van der Waals surface area (Å²) in [4.78, 5) is 11.8. The maximum absolute atomic E-state index is 12.9. The van der Waals surface area contributed by atoms with Crippen molar-refractivity contribution in [1.29, 1.82) is 0 Å². The van der Waals surface area contributed by atoms with E-state index < -0.39 is 16.0 Å². The number of benzene rings is 2. The third-order valence-electron chi connectivity index (χ3n) is 3.73. The monoisotopic (exact) mass is 361 g/mol. The first-order valence-corrected chi connectivity index (χ1v) is 9.40. The Hall–Kier alpha value is -2.38. The smallest absolute Gasteiger partial charge is 0.349 e. The first kappa shape index (κ1) is 16.5. The molecule has 2 aromatic carbocycles. The van der Waals surface area contributed by atoms with Crippen LogP contribution in [0.25, 0.3) is 10.8 Å². The van der Waals surface area contributed by atoms with Gasteiger partial charge in [-0.05, 0) is 34.4 Å². The van der Waals surface area contributed by atoms with Gasteiger partial charge in [-0.15, -0.1) is 11.3 Å². The molecule has 0 N–H and O–H groups in total. The van der Waals surface area contributed by atoms with Crippen LogP contribution in [0.15, 0.2) is 58.8 Å². The van der Waals surface area contributed by atoms with Crippen LogP contribution in [-0.2, 0) is 14.8 Å². The highest BCUT2D eigenvalue weighted by Crippen LogP contribution is 2.30. The zero-order valence-corrected chi connectivity index (χ0v) is 14.7. The molecule has 3 rings (SSSR count). The van der Waals surface area contributed by atoms with E-state index in [1.165, 1.54) is 24.5 Å². The minimum Gasteiger partial charge on any atom is -0.465 e. The maximum atomic E-state index is 12.9. The number of carbonyl (C=O) groups is 1. The lowest BCUT2D eigenvalue weighted by Gasteiger charge is -2.20. The van der Waals surface area contributed by atoms with Crippen LogP contribution in [0.2, 0.25) is 0 Å². The molecule has 7 heteroatoms. The number of hydrogen-bond acceptors (Lipinski definition) is 5. The second-order valence-corrected chi connectivity index (χ2v) is 7.96. The SMILES string of the molecule is COC(=O)c1sccc1S(=O)(=O)N(C)c1ccc2ccccc2c1. The summed E-state index contributed by atoms with van der Waals surface area (Å²) in [6.07, 6.45) is 0. The molecule has 1 heterocycles. The van der Waals surface area contributed by atoms with Gasteiger partial charge in [0.05, 0.1) is 12.8 Å². The van der Waals surface area contributed by atoms with E-state index in [1.807, 2.05) is 30.3 Å². The fourth-order valence-corrected chi connectivity index (χ4v) is 4.90. The average molecular weight is 361 g/mol. The summed E-state index contributed by atoms with van der Waals surface area (Å²) >= 11 is 1.04. The Bertz CT molecular complexity index is 1010. The maximum Gasteiger partial charge on any atom is 0.349 e. The number of esters is 1. The van der Waals surface area contributed by atoms with Crippen molar-refractivity contribution in [3.63, 3.8) is 0 Å². The molecule has 0 radical (unpaired) electrons. The number of methoxy groups -OCH3 is 1. The molecule has 0 aliphatic carbocycles. The normalized spacial score (nSPS) is 11.4. The second kappa shape index (κ2) is 6.26. The Balaban J connectivity index is 2.05. The van der Waals surface area contributed by atoms with Crippen LogP contribution in [0.1, 0.15) is 9.67 Å². The van der Waals surface area contributed by atoms with Crippen molar-refractivity contribution in [2.24, 2.45) is 0 Å². The highest BCUT2D eigenvalue weighted by atomic mass is 32.2. The molecule has 0 bridgehead atoms. The number of fused-ring (bicyclic) bond motifs is 1. The van der Waals surface area contributed by atoms with Gasteiger partial charge in [-0.25, -0.2) is 13.2 Å². The molecule has 0 amide bonds. The molecule has 0 atom stereocenters. The zero-order valence-electron chi connectivity index (χ0n) is 13.1. The third-order valence-corrected chi connectivity index (χ3v) is 6.59. The predicted octanol–water partition coefficient (Wildman–Crippen LogP) is 3.51. The van der Waals surface area contributed by atoms with E-state index in [-0.39, 0.29) is 9.77 Å². The molecular formula is C17H15NO4S2. The third kappa shape index (κ3) is 2.76. The Morgan fingerprint density at radius 3 is 2.50 bits per heavy atom. The van der Waals surface area contributed by atoms with Crippen LogP contribution in [0, 0.1) is 0 Å². The number of anilines is 1. The number of sulfonamides is 1. The lowest BCUT2D eigenvalue weighted by atomic mass is 10.1. The van der Waals surface area contributed by atoms with Crippen molar-refractivity contribution in [3.05, 3.63) is 58.8 Å². The van der Waals surface area contributed by atoms with Crippen molar-refractivity contribution in [1.82, 2.24) is 0 Å². The Kier molecular flexibility index (Phi) is 4.29. The summed E-state index contributed by atoms with van der Waals surface area (Å²) < 4.78 is 31.6. The van der Waals surface area contributed by atoms with Crippen LogP contribution in [-0.4, -0.2) is 28.5 Å². The van der Waals surface area contributed by atoms with Crippen molar-refractivity contribution >= 4 is 43.8 Å². The Labute approximate surface area is 144 Å². The van der Waals surface area contributed by atoms with E-state index >= 15 is 0 Å². The predicted molar refractivity (Wildman–Crippen MR) is 95.2 cm³/mol. The number of carbonyl (C=O) groups excluding carboxylic acids is 1. The van der Waals surface area contributed by atoms with Gasteiger partial charge in [0.15, 0.2) is 0 Å². The van der Waals surface area contributed by atoms with E-state index in [0.717, 1.165) is 22.1 Å². The fraction of sp³-hybridized carbons (Fsp3) is 0.118. The summed E-state index contributed by atoms with van der Waals surface area (Å²) in [6.45, 7) is 0. The van der Waals surface area contributed by atoms with E-state index in [9.17, 15) is 13.2 Å². The van der Waals surface area contributed by atoms with E-state index in [0.29, 0.717) is 5.69 Å². The second-order valence-electron chi connectivity index (χ2n) is 5.11. The molecule has 0 fully saturated rings. The van der Waals surface area contributed by atoms with Crippen molar-refractivity contribution in [2.45, 2.75) is 4.90 Å². The van der Waals surface area contributed by atoms with Gasteiger partial charge in [0.1, 0.15) is 9.77 Å². The van der Waals surface area contributed by atoms with Crippen LogP contribution in [0.3, 0.4) is 0 Å². The molecule has 0 unspecified atom stereocenters. The number of ether oxygens (including phenoxy) is 1. The number of thiophene rings is 1. The summed E-state index contributed by atoms with van der Waals surface area (Å²) in [5.41, 5.74) is 0.524. The molecule has 0 aliphatic rings. The minimum absolute atomic E-state index is 0.0463. The van der Waals surface area contributed by atoms with Gasteiger partial charge >= 0.3 is 5.97 Å². The van der Waals surface area contributed by atoms with E-state index in [2.05, 4.69) is 4.74 Å². The highest BCUT2D eigenvalue weighted by Gasteiger charge is 2.28. The molecule has 5 nitrogen and oxygen atoms in total. The van der Waals surface area contributed by atoms with E-state index in [1.54, 1.807) is 17.5 Å². The van der Waals surface area contributed by atoms with Crippen LogP contribution in [0.5, 0.6) is 0 Å². The zero-order chi connectivity index (χ0) is 17.3. The first-order chi connectivity index (χ1) is 11.4. The largest absolute Gasteiger partial charge is 0.465 e. The van der Waals surface area contributed by atoms with Gasteiger partial charge in [-0.2, -0.15) is 0 Å². The molecule has 3 aromatic rings. The standard InChI is InChI=1S/C17H15NO4S2/c1-18(14-8-7-12-5-3-4-6-13(12)11-14)24(20,21)15-9-10-23-16(15)17(19)22-2/h3-11H,1-2H3. The van der Waals surface area contributed by atoms with Gasteiger partial charge in [0, 0.05) is 7.05 Å². The van der Waals surface area contributed by atoms with Gasteiger partial charge < -0.3 is 4.74 Å². The summed E-state index contributed by atoms with van der Waals surface area (Å²) in [6, 6.07) is 14.5. The molecular weight excluding hydrogens is 346 g/mol. The molecule has 0 saturated heterocycles. The molecule has 0 spiro atoms. The molecule has 0 saturated carbocycles. The number of nitrogens with zero attached hydrogens (tertiary/aromatic N) is 1. The van der Waals surface area contributed by atoms with Gasteiger partial charge in [0.2, 0.25) is 0 Å². The van der Waals surface area contributed by atoms with Gasteiger partial charge in [0.25, 0.3) is 10.0 Å². The van der Waals surface area contributed by atoms with Gasteiger partial charge in [-0.3, -0.25) is 4.31 Å². The molecule has 124 valence electrons. The number of hydrogen-bond donors (Lipinski definition) is 0. The Morgan fingerprint density at radius 2 is 1.79 bits per heavy atom. The van der Waals surface area contributed by atoms with Crippen molar-refractivity contribution in [3.8, 4) is 0 Å². The highest BCUT2D eigenvalue weighted by molar-refractivity contribution is 7.93. The summed E-state index contributed by atoms with van der Waals surface area (Å²) in [7, 11) is -1.16. The lowest BCUT2D eigenvalue weighted by Crippen LogP contribution is -2.27. The topological polar surface area (TPSA) is 63.7 Å². The molecule has 0 aliphatic heterocycles. The number of rotatable bonds is 4. The quantitative estimate of drug-likeness (QED) is 0.667. The first-order valence-electron chi connectivity index (χ1n) is 7.08. The lowest BCUT2D eigenvalue weighted by molar-refractivity contribution is 0.0602. The van der Waals surface area contributed by atoms with Crippen molar-refractivity contribution in [2.75, 3.05) is 18.5 Å². The minimum atomic E-state index is -3.86. The molecule has 24 heavy (non-hydrogen) atoms. The molecule has 1 aromatic heterocycles. The van der Waals surface area contributed by atoms with Crippen LogP contribution in [0.4, 0.5) is 5.69 Å². The van der Waals surface area contributed by atoms with Crippen LogP contribution >= 0.6 is 11.3 Å².